The summed E-state index contributed by atoms with van der Waals surface area (Å²) in [5.74, 6) is -0.410. The third-order valence-electron chi connectivity index (χ3n) is 4.81. The average molecular weight is 368 g/mol. The molecular weight excluding hydrogens is 344 g/mol. The predicted octanol–water partition coefficient (Wildman–Crippen LogP) is 2.81. The second-order valence-corrected chi connectivity index (χ2v) is 6.52. The molecule has 1 amide bonds. The molecular formula is C21H24N2O4. The SMILES string of the molecule is COC(=O)C(N)CCCNC(=O)OCC1c2ccccc2-c2ccccc21. The lowest BCUT2D eigenvalue weighted by Gasteiger charge is -2.15. The minimum absolute atomic E-state index is 0.0379. The van der Waals surface area contributed by atoms with E-state index in [1.54, 1.807) is 0 Å². The van der Waals surface area contributed by atoms with Gasteiger partial charge in [-0.2, -0.15) is 0 Å². The van der Waals surface area contributed by atoms with Gasteiger partial charge in [0.15, 0.2) is 0 Å². The second kappa shape index (κ2) is 8.68. The van der Waals surface area contributed by atoms with Gasteiger partial charge in [-0.05, 0) is 35.1 Å². The molecule has 2 aromatic rings. The van der Waals surface area contributed by atoms with Crippen molar-refractivity contribution < 1.29 is 19.1 Å². The summed E-state index contributed by atoms with van der Waals surface area (Å²) in [5.41, 5.74) is 10.4. The van der Waals surface area contributed by atoms with Crippen molar-refractivity contribution in [2.75, 3.05) is 20.3 Å². The summed E-state index contributed by atoms with van der Waals surface area (Å²) in [7, 11) is 1.30. The van der Waals surface area contributed by atoms with Crippen LogP contribution in [0, 0.1) is 0 Å². The number of ether oxygens (including phenoxy) is 2. The van der Waals surface area contributed by atoms with E-state index >= 15 is 0 Å². The zero-order chi connectivity index (χ0) is 19.2. The van der Waals surface area contributed by atoms with Crippen molar-refractivity contribution in [3.8, 4) is 11.1 Å². The van der Waals surface area contributed by atoms with Crippen LogP contribution in [0.15, 0.2) is 48.5 Å². The average Bonchev–Trinajstić information content (AvgIpc) is 3.02. The summed E-state index contributed by atoms with van der Waals surface area (Å²) in [6.45, 7) is 0.670. The van der Waals surface area contributed by atoms with Gasteiger partial charge in [0.05, 0.1) is 7.11 Å². The number of esters is 1. The molecule has 0 spiro atoms. The Kier molecular flexibility index (Phi) is 6.08. The quantitative estimate of drug-likeness (QED) is 0.579. The van der Waals surface area contributed by atoms with Crippen molar-refractivity contribution in [1.82, 2.24) is 5.32 Å². The summed E-state index contributed by atoms with van der Waals surface area (Å²) in [6, 6.07) is 15.7. The minimum Gasteiger partial charge on any atom is -0.468 e. The molecule has 0 saturated carbocycles. The minimum atomic E-state index is -0.667. The number of carbonyl (C=O) groups excluding carboxylic acids is 2. The molecule has 0 radical (unpaired) electrons. The Bertz CT molecular complexity index is 776. The number of fused-ring (bicyclic) bond motifs is 3. The molecule has 3 N–H and O–H groups in total. The van der Waals surface area contributed by atoms with E-state index in [0.29, 0.717) is 19.4 Å². The Morgan fingerprint density at radius 3 is 2.26 bits per heavy atom. The number of carbonyl (C=O) groups is 2. The smallest absolute Gasteiger partial charge is 0.407 e. The maximum absolute atomic E-state index is 12.0. The molecule has 6 nitrogen and oxygen atoms in total. The van der Waals surface area contributed by atoms with Crippen LogP contribution in [0.25, 0.3) is 11.1 Å². The number of amides is 1. The number of nitrogens with one attached hydrogen (secondary N) is 1. The first-order valence-corrected chi connectivity index (χ1v) is 9.04. The molecule has 1 atom stereocenters. The van der Waals surface area contributed by atoms with Gasteiger partial charge < -0.3 is 20.5 Å². The van der Waals surface area contributed by atoms with E-state index in [1.807, 2.05) is 24.3 Å². The lowest BCUT2D eigenvalue weighted by molar-refractivity contribution is -0.142. The van der Waals surface area contributed by atoms with Crippen LogP contribution >= 0.6 is 0 Å². The fraction of sp³-hybridized carbons (Fsp3) is 0.333. The van der Waals surface area contributed by atoms with Crippen LogP contribution in [0.1, 0.15) is 29.9 Å². The Balaban J connectivity index is 1.50. The van der Waals surface area contributed by atoms with Gasteiger partial charge in [0.2, 0.25) is 0 Å². The Morgan fingerprint density at radius 1 is 1.07 bits per heavy atom. The summed E-state index contributed by atoms with van der Waals surface area (Å²) in [4.78, 5) is 23.2. The highest BCUT2D eigenvalue weighted by atomic mass is 16.5. The van der Waals surface area contributed by atoms with Gasteiger partial charge in [0, 0.05) is 12.5 Å². The van der Waals surface area contributed by atoms with Gasteiger partial charge in [-0.3, -0.25) is 4.79 Å². The first-order chi connectivity index (χ1) is 13.1. The number of rotatable bonds is 7. The van der Waals surface area contributed by atoms with Gasteiger partial charge in [-0.15, -0.1) is 0 Å². The fourth-order valence-corrected chi connectivity index (χ4v) is 3.43. The van der Waals surface area contributed by atoms with Crippen LogP contribution in [0.3, 0.4) is 0 Å². The van der Waals surface area contributed by atoms with Gasteiger partial charge in [0.25, 0.3) is 0 Å². The van der Waals surface area contributed by atoms with Crippen LogP contribution in [0.5, 0.6) is 0 Å². The summed E-state index contributed by atoms with van der Waals surface area (Å²) >= 11 is 0. The monoisotopic (exact) mass is 368 g/mol. The zero-order valence-electron chi connectivity index (χ0n) is 15.3. The van der Waals surface area contributed by atoms with Crippen molar-refractivity contribution in [3.05, 3.63) is 59.7 Å². The van der Waals surface area contributed by atoms with Crippen LogP contribution in [0.2, 0.25) is 0 Å². The van der Waals surface area contributed by atoms with E-state index in [2.05, 4.69) is 34.3 Å². The lowest BCUT2D eigenvalue weighted by Crippen LogP contribution is -2.33. The number of hydrogen-bond donors (Lipinski definition) is 2. The third-order valence-corrected chi connectivity index (χ3v) is 4.81. The molecule has 0 fully saturated rings. The highest BCUT2D eigenvalue weighted by Crippen LogP contribution is 2.44. The van der Waals surface area contributed by atoms with E-state index in [-0.39, 0.29) is 12.5 Å². The van der Waals surface area contributed by atoms with Crippen molar-refractivity contribution in [2.24, 2.45) is 5.73 Å². The number of hydrogen-bond acceptors (Lipinski definition) is 5. The molecule has 0 bridgehead atoms. The molecule has 1 aliphatic rings. The first-order valence-electron chi connectivity index (χ1n) is 9.04. The molecule has 0 aliphatic heterocycles. The summed E-state index contributed by atoms with van der Waals surface area (Å²) in [6.07, 6.45) is 0.542. The maximum Gasteiger partial charge on any atom is 0.407 e. The van der Waals surface area contributed by atoms with Crippen LogP contribution in [-0.4, -0.2) is 38.4 Å². The molecule has 1 unspecified atom stereocenters. The lowest BCUT2D eigenvalue weighted by atomic mass is 9.98. The van der Waals surface area contributed by atoms with Gasteiger partial charge >= 0.3 is 12.1 Å². The first kappa shape index (κ1) is 18.9. The van der Waals surface area contributed by atoms with E-state index in [1.165, 1.54) is 29.4 Å². The van der Waals surface area contributed by atoms with E-state index in [0.717, 1.165) is 0 Å². The van der Waals surface area contributed by atoms with Crippen LogP contribution in [-0.2, 0) is 14.3 Å². The predicted molar refractivity (Wildman–Crippen MR) is 102 cm³/mol. The second-order valence-electron chi connectivity index (χ2n) is 6.52. The number of benzene rings is 2. The maximum atomic E-state index is 12.0. The number of methoxy groups -OCH3 is 1. The van der Waals surface area contributed by atoms with Crippen molar-refractivity contribution in [3.63, 3.8) is 0 Å². The molecule has 27 heavy (non-hydrogen) atoms. The normalized spacial score (nSPS) is 13.4. The number of nitrogens with two attached hydrogens (primary N) is 1. The Morgan fingerprint density at radius 2 is 1.67 bits per heavy atom. The summed E-state index contributed by atoms with van der Waals surface area (Å²) in [5, 5.41) is 2.70. The third kappa shape index (κ3) is 4.28. The van der Waals surface area contributed by atoms with Crippen LogP contribution in [0.4, 0.5) is 4.79 Å². The number of alkyl carbamates (subject to hydrolysis) is 1. The Labute approximate surface area is 158 Å². The van der Waals surface area contributed by atoms with E-state index in [4.69, 9.17) is 10.5 Å². The molecule has 6 heteroatoms. The van der Waals surface area contributed by atoms with Gasteiger partial charge in [-0.25, -0.2) is 4.79 Å². The highest BCUT2D eigenvalue weighted by Gasteiger charge is 2.28. The van der Waals surface area contributed by atoms with Crippen LogP contribution < -0.4 is 11.1 Å². The Hall–Kier alpha value is -2.86. The topological polar surface area (TPSA) is 90.6 Å². The molecule has 3 rings (SSSR count). The van der Waals surface area contributed by atoms with E-state index in [9.17, 15) is 9.59 Å². The van der Waals surface area contributed by atoms with Crippen molar-refractivity contribution >= 4 is 12.1 Å². The molecule has 0 aromatic heterocycles. The molecule has 0 heterocycles. The fourth-order valence-electron chi connectivity index (χ4n) is 3.43. The molecule has 0 saturated heterocycles. The van der Waals surface area contributed by atoms with Gasteiger partial charge in [0.1, 0.15) is 12.6 Å². The summed E-state index contributed by atoms with van der Waals surface area (Å²) < 4.78 is 10.0. The van der Waals surface area contributed by atoms with Crippen molar-refractivity contribution in [2.45, 2.75) is 24.8 Å². The highest BCUT2D eigenvalue weighted by molar-refractivity contribution is 5.79. The van der Waals surface area contributed by atoms with E-state index < -0.39 is 18.1 Å². The molecule has 2 aromatic carbocycles. The largest absolute Gasteiger partial charge is 0.468 e. The van der Waals surface area contributed by atoms with Gasteiger partial charge in [-0.1, -0.05) is 48.5 Å². The standard InChI is InChI=1S/C21H24N2O4/c1-26-20(24)19(22)11-6-12-23-21(25)27-13-18-16-9-4-2-7-14(16)15-8-3-5-10-17(15)18/h2-5,7-10,18-19H,6,11-13,22H2,1H3,(H,23,25). The molecule has 1 aliphatic carbocycles. The molecule has 142 valence electrons. The van der Waals surface area contributed by atoms with Crippen molar-refractivity contribution in [1.29, 1.82) is 0 Å². The zero-order valence-corrected chi connectivity index (χ0v) is 15.3.